The van der Waals surface area contributed by atoms with Gasteiger partial charge in [-0.25, -0.2) is 15.0 Å². The van der Waals surface area contributed by atoms with Gasteiger partial charge in [0.25, 0.3) is 0 Å². The number of phenols is 1. The van der Waals surface area contributed by atoms with Crippen LogP contribution < -0.4 is 16.4 Å². The second-order valence-corrected chi connectivity index (χ2v) is 17.5. The highest BCUT2D eigenvalue weighted by Crippen LogP contribution is 2.43. The number of nitrogens with zero attached hydrogens (tertiary/aromatic N) is 5. The standard InChI is InChI=1S/C58H42B3N5O/c1-34-50(59)49(52(61)55(67)51(34)60)43-30-29-40(33-46(43)35-15-5-2-6-16-35)66-48-24-14-12-22-42(48)45-32-31-44-41-21-11-13-23-47(41)65(53(44)54(45)66)39-27-25-38(26-28-39)58-63-56(36-17-7-3-8-18-36)62-57(64-58)37-19-9-4-10-20-37/h2-33,67H,59-61H2,1H3. The van der Waals surface area contributed by atoms with Gasteiger partial charge < -0.3 is 14.2 Å². The van der Waals surface area contributed by atoms with Crippen molar-refractivity contribution < 1.29 is 5.11 Å². The van der Waals surface area contributed by atoms with Crippen molar-refractivity contribution in [3.05, 3.63) is 200 Å². The molecule has 0 saturated carbocycles. The van der Waals surface area contributed by atoms with Crippen molar-refractivity contribution in [2.24, 2.45) is 0 Å². The number of aromatic hydroxyl groups is 1. The first-order chi connectivity index (χ1) is 32.8. The molecule has 9 aromatic carbocycles. The van der Waals surface area contributed by atoms with Crippen molar-refractivity contribution >= 4 is 83.5 Å². The van der Waals surface area contributed by atoms with Gasteiger partial charge >= 0.3 is 0 Å². The Labute approximate surface area is 391 Å². The van der Waals surface area contributed by atoms with E-state index in [4.69, 9.17) is 15.0 Å². The third kappa shape index (κ3) is 6.49. The highest BCUT2D eigenvalue weighted by atomic mass is 16.3. The number of para-hydroxylation sites is 2. The molecule has 0 aliphatic heterocycles. The van der Waals surface area contributed by atoms with Gasteiger partial charge in [-0.05, 0) is 88.6 Å². The van der Waals surface area contributed by atoms with Gasteiger partial charge in [0.2, 0.25) is 0 Å². The molecule has 9 heteroatoms. The maximum atomic E-state index is 11.4. The van der Waals surface area contributed by atoms with Crippen LogP contribution in [0.25, 0.3) is 111 Å². The molecule has 0 bridgehead atoms. The molecule has 3 heterocycles. The fraction of sp³-hybridized carbons (Fsp3) is 0.0172. The van der Waals surface area contributed by atoms with Crippen molar-refractivity contribution in [1.82, 2.24) is 24.1 Å². The summed E-state index contributed by atoms with van der Waals surface area (Å²) in [6.45, 7) is 2.11. The molecule has 12 rings (SSSR count). The van der Waals surface area contributed by atoms with Gasteiger partial charge in [-0.15, -0.1) is 0 Å². The van der Waals surface area contributed by atoms with E-state index in [9.17, 15) is 5.11 Å². The fourth-order valence-electron chi connectivity index (χ4n) is 10.2. The minimum absolute atomic E-state index is 0.356. The van der Waals surface area contributed by atoms with Crippen molar-refractivity contribution in [3.8, 4) is 73.5 Å². The van der Waals surface area contributed by atoms with E-state index in [1.807, 2.05) is 76.4 Å². The molecule has 0 amide bonds. The smallest absolute Gasteiger partial charge is 0.164 e. The maximum absolute atomic E-state index is 11.4. The molecule has 0 aliphatic carbocycles. The molecule has 314 valence electrons. The molecule has 67 heavy (non-hydrogen) atoms. The van der Waals surface area contributed by atoms with E-state index in [1.165, 1.54) is 27.0 Å². The van der Waals surface area contributed by atoms with Crippen LogP contribution >= 0.6 is 0 Å². The van der Waals surface area contributed by atoms with E-state index in [1.54, 1.807) is 0 Å². The Balaban J connectivity index is 1.10. The van der Waals surface area contributed by atoms with E-state index in [2.05, 4.69) is 157 Å². The predicted molar refractivity (Wildman–Crippen MR) is 287 cm³/mol. The number of fused-ring (bicyclic) bond motifs is 7. The molecule has 0 unspecified atom stereocenters. The molecular weight excluding hydrogens is 815 g/mol. The molecule has 6 nitrogen and oxygen atoms in total. The highest BCUT2D eigenvalue weighted by Gasteiger charge is 2.24. The minimum atomic E-state index is 0.356. The van der Waals surface area contributed by atoms with Crippen LogP contribution in [0, 0.1) is 6.92 Å². The number of phenolic OH excluding ortho intramolecular Hbond substituents is 1. The fourth-order valence-corrected chi connectivity index (χ4v) is 10.2. The molecule has 1 N–H and O–H groups in total. The van der Waals surface area contributed by atoms with E-state index in [0.717, 1.165) is 88.9 Å². The van der Waals surface area contributed by atoms with Gasteiger partial charge in [-0.2, -0.15) is 0 Å². The zero-order valence-electron chi connectivity index (χ0n) is 37.7. The van der Waals surface area contributed by atoms with Crippen LogP contribution in [0.4, 0.5) is 0 Å². The molecule has 0 atom stereocenters. The Hall–Kier alpha value is -8.42. The lowest BCUT2D eigenvalue weighted by Gasteiger charge is -2.22. The summed E-state index contributed by atoms with van der Waals surface area (Å²) in [7, 11) is 6.22. The summed E-state index contributed by atoms with van der Waals surface area (Å²) in [6.07, 6.45) is 0. The van der Waals surface area contributed by atoms with Gasteiger partial charge in [0.15, 0.2) is 17.5 Å². The Morgan fingerprint density at radius 1 is 0.388 bits per heavy atom. The molecule has 0 radical (unpaired) electrons. The first kappa shape index (κ1) is 40.1. The summed E-state index contributed by atoms with van der Waals surface area (Å²) in [4.78, 5) is 15.0. The zero-order valence-corrected chi connectivity index (χ0v) is 37.7. The van der Waals surface area contributed by atoms with Crippen LogP contribution in [0.1, 0.15) is 5.56 Å². The predicted octanol–water partition coefficient (Wildman–Crippen LogP) is 9.19. The van der Waals surface area contributed by atoms with Gasteiger partial charge in [-0.3, -0.25) is 0 Å². The summed E-state index contributed by atoms with van der Waals surface area (Å²) in [5, 5.41) is 16.1. The number of hydrogen-bond acceptors (Lipinski definition) is 4. The topological polar surface area (TPSA) is 68.8 Å². The zero-order chi connectivity index (χ0) is 45.3. The van der Waals surface area contributed by atoms with E-state index in [0.29, 0.717) is 23.2 Å². The summed E-state index contributed by atoms with van der Waals surface area (Å²) in [5.74, 6) is 2.23. The summed E-state index contributed by atoms with van der Waals surface area (Å²) < 4.78 is 4.87. The van der Waals surface area contributed by atoms with Crippen LogP contribution in [-0.4, -0.2) is 52.7 Å². The lowest BCUT2D eigenvalue weighted by molar-refractivity contribution is 0.484. The lowest BCUT2D eigenvalue weighted by Crippen LogP contribution is -2.31. The first-order valence-electron chi connectivity index (χ1n) is 22.8. The SMILES string of the molecule is Bc1c(C)c(B)c(-c2ccc(-n3c4ccccc4c4ccc5c6ccccc6n(-c6ccc(-c7nc(-c8ccccc8)nc(-c8ccccc8)n7)cc6)c5c43)cc2-c2ccccc2)c(B)c1O. The van der Waals surface area contributed by atoms with Crippen LogP contribution in [0.3, 0.4) is 0 Å². The molecule has 12 aromatic rings. The van der Waals surface area contributed by atoms with Crippen LogP contribution in [0.5, 0.6) is 5.75 Å². The lowest BCUT2D eigenvalue weighted by atomic mass is 9.69. The number of hydrogen-bond donors (Lipinski definition) is 1. The second-order valence-electron chi connectivity index (χ2n) is 17.5. The third-order valence-electron chi connectivity index (χ3n) is 13.8. The van der Waals surface area contributed by atoms with Crippen molar-refractivity contribution in [2.75, 3.05) is 0 Å². The Kier molecular flexibility index (Phi) is 9.54. The number of benzene rings is 9. The Morgan fingerprint density at radius 2 is 0.821 bits per heavy atom. The average Bonchev–Trinajstić information content (AvgIpc) is 3.91. The molecule has 3 aromatic heterocycles. The van der Waals surface area contributed by atoms with Gasteiger partial charge in [0.1, 0.15) is 29.3 Å². The Morgan fingerprint density at radius 3 is 1.34 bits per heavy atom. The van der Waals surface area contributed by atoms with Crippen molar-refractivity contribution in [3.63, 3.8) is 0 Å². The minimum Gasteiger partial charge on any atom is -0.509 e. The average molecular weight is 857 g/mol. The quantitative estimate of drug-likeness (QED) is 0.163. The van der Waals surface area contributed by atoms with E-state index < -0.39 is 0 Å². The maximum Gasteiger partial charge on any atom is 0.164 e. The summed E-state index contributed by atoms with van der Waals surface area (Å²) >= 11 is 0. The molecule has 0 spiro atoms. The number of rotatable bonds is 7. The normalized spacial score (nSPS) is 11.6. The third-order valence-corrected chi connectivity index (χ3v) is 13.8. The Bertz CT molecular complexity index is 3820. The van der Waals surface area contributed by atoms with Crippen LogP contribution in [0.2, 0.25) is 0 Å². The first-order valence-corrected chi connectivity index (χ1v) is 22.8. The number of aromatic nitrogens is 5. The monoisotopic (exact) mass is 857 g/mol. The van der Waals surface area contributed by atoms with Crippen LogP contribution in [-0.2, 0) is 0 Å². The largest absolute Gasteiger partial charge is 0.509 e. The van der Waals surface area contributed by atoms with Gasteiger partial charge in [0.05, 0.1) is 22.1 Å². The van der Waals surface area contributed by atoms with Crippen LogP contribution in [0.15, 0.2) is 194 Å². The molecule has 0 saturated heterocycles. The second kappa shape index (κ2) is 15.9. The molecule has 0 aliphatic rings. The highest BCUT2D eigenvalue weighted by molar-refractivity contribution is 6.51. The van der Waals surface area contributed by atoms with Crippen molar-refractivity contribution in [2.45, 2.75) is 6.92 Å². The van der Waals surface area contributed by atoms with Gasteiger partial charge in [0, 0.05) is 49.6 Å². The molecular formula is C58H42B3N5O. The van der Waals surface area contributed by atoms with Gasteiger partial charge in [-0.1, -0.05) is 157 Å². The summed E-state index contributed by atoms with van der Waals surface area (Å²) in [5.41, 5.74) is 17.8. The summed E-state index contributed by atoms with van der Waals surface area (Å²) in [6, 6.07) is 68.3. The van der Waals surface area contributed by atoms with E-state index in [-0.39, 0.29) is 0 Å². The van der Waals surface area contributed by atoms with Crippen molar-refractivity contribution in [1.29, 1.82) is 0 Å². The molecule has 0 fully saturated rings. The van der Waals surface area contributed by atoms with E-state index >= 15 is 0 Å².